The Morgan fingerprint density at radius 3 is 2.47 bits per heavy atom. The second-order valence-electron chi connectivity index (χ2n) is 3.93. The normalized spacial score (nSPS) is 12.1. The minimum absolute atomic E-state index is 0.104. The summed E-state index contributed by atoms with van der Waals surface area (Å²) in [6.07, 6.45) is 2.65. The molecule has 1 heterocycles. The molecule has 0 saturated heterocycles. The first kappa shape index (κ1) is 13.1. The molecule has 19 heavy (non-hydrogen) atoms. The second kappa shape index (κ2) is 5.12. The van der Waals surface area contributed by atoms with Crippen LogP contribution >= 0.6 is 0 Å². The van der Waals surface area contributed by atoms with Crippen LogP contribution in [0.5, 0.6) is 0 Å². The van der Waals surface area contributed by atoms with Crippen LogP contribution in [0.2, 0.25) is 0 Å². The molecule has 1 aromatic heterocycles. The maximum Gasteiger partial charge on any atom is 0.286 e. The lowest BCUT2D eigenvalue weighted by atomic mass is 10.2. The van der Waals surface area contributed by atoms with Gasteiger partial charge in [0.2, 0.25) is 9.84 Å². The number of hydrogen-bond acceptors (Lipinski definition) is 3. The van der Waals surface area contributed by atoms with Gasteiger partial charge in [-0.05, 0) is 37.3 Å². The maximum atomic E-state index is 12.3. The van der Waals surface area contributed by atoms with E-state index in [1.165, 1.54) is 24.5 Å². The van der Waals surface area contributed by atoms with E-state index in [1.54, 1.807) is 24.3 Å². The summed E-state index contributed by atoms with van der Waals surface area (Å²) in [5, 5.41) is -0.355. The Kier molecular flexibility index (Phi) is 3.54. The molecule has 0 aliphatic carbocycles. The van der Waals surface area contributed by atoms with Crippen LogP contribution in [0.4, 0.5) is 0 Å². The molecule has 96 valence electrons. The lowest BCUT2D eigenvalue weighted by Gasteiger charge is -2.02. The third-order valence-corrected chi connectivity index (χ3v) is 4.18. The fourth-order valence-corrected chi connectivity index (χ4v) is 2.63. The molecule has 0 amide bonds. The van der Waals surface area contributed by atoms with Gasteiger partial charge in [-0.1, -0.05) is 17.7 Å². The highest BCUT2D eigenvalue weighted by Crippen LogP contribution is 2.23. The first-order valence-corrected chi connectivity index (χ1v) is 6.97. The molecule has 1 aromatic carbocycles. The van der Waals surface area contributed by atoms with Crippen LogP contribution in [-0.2, 0) is 9.84 Å². The summed E-state index contributed by atoms with van der Waals surface area (Å²) in [4.78, 5) is 3.20. The molecule has 0 radical (unpaired) electrons. The van der Waals surface area contributed by atoms with Crippen LogP contribution in [0.15, 0.2) is 57.0 Å². The Morgan fingerprint density at radius 1 is 1.26 bits per heavy atom. The first-order valence-electron chi connectivity index (χ1n) is 5.48. The largest absolute Gasteiger partial charge is 0.466 e. The molecular weight excluding hydrogens is 262 g/mol. The number of aryl methyl sites for hydroxylation is 1. The molecule has 4 nitrogen and oxygen atoms in total. The van der Waals surface area contributed by atoms with Crippen molar-refractivity contribution in [2.24, 2.45) is 0 Å². The van der Waals surface area contributed by atoms with Crippen molar-refractivity contribution >= 4 is 15.9 Å². The van der Waals surface area contributed by atoms with Crippen LogP contribution < -0.4 is 0 Å². The molecule has 0 aliphatic heterocycles. The van der Waals surface area contributed by atoms with Crippen molar-refractivity contribution in [3.8, 4) is 0 Å². The molecule has 0 saturated carbocycles. The summed E-state index contributed by atoms with van der Waals surface area (Å²) < 4.78 is 29.6. The SMILES string of the molecule is [C-]#[N+]C(=Cc1ccco1)S(=O)(=O)c1ccc(C)cc1. The fraction of sp³-hybridized carbons (Fsp3) is 0.0714. The molecular formula is C14H11NO3S. The van der Waals surface area contributed by atoms with Crippen molar-refractivity contribution in [1.29, 1.82) is 0 Å². The van der Waals surface area contributed by atoms with Gasteiger partial charge in [0.1, 0.15) is 5.76 Å². The van der Waals surface area contributed by atoms with E-state index < -0.39 is 9.84 Å². The third-order valence-electron chi connectivity index (χ3n) is 2.53. The lowest BCUT2D eigenvalue weighted by molar-refractivity contribution is 0.556. The summed E-state index contributed by atoms with van der Waals surface area (Å²) in [7, 11) is -3.80. The zero-order chi connectivity index (χ0) is 13.9. The lowest BCUT2D eigenvalue weighted by Crippen LogP contribution is -2.02. The Hall–Kier alpha value is -2.32. The number of hydrogen-bond donors (Lipinski definition) is 0. The van der Waals surface area contributed by atoms with Crippen molar-refractivity contribution < 1.29 is 12.8 Å². The van der Waals surface area contributed by atoms with Crippen LogP contribution in [0.3, 0.4) is 0 Å². The quantitative estimate of drug-likeness (QED) is 0.806. The Labute approximate surface area is 111 Å². The van der Waals surface area contributed by atoms with Crippen molar-refractivity contribution in [2.45, 2.75) is 11.8 Å². The van der Waals surface area contributed by atoms with Gasteiger partial charge in [0.15, 0.2) is 0 Å². The first-order chi connectivity index (χ1) is 9.04. The summed E-state index contributed by atoms with van der Waals surface area (Å²) >= 11 is 0. The van der Waals surface area contributed by atoms with Gasteiger partial charge >= 0.3 is 0 Å². The molecule has 5 heteroatoms. The van der Waals surface area contributed by atoms with E-state index in [1.807, 2.05) is 6.92 Å². The molecule has 2 rings (SSSR count). The average molecular weight is 273 g/mol. The van der Waals surface area contributed by atoms with Gasteiger partial charge in [-0.3, -0.25) is 0 Å². The van der Waals surface area contributed by atoms with Gasteiger partial charge in [0.05, 0.1) is 17.7 Å². The minimum Gasteiger partial charge on any atom is -0.466 e. The Balaban J connectivity index is 2.49. The van der Waals surface area contributed by atoms with Crippen molar-refractivity contribution in [2.75, 3.05) is 0 Å². The van der Waals surface area contributed by atoms with Gasteiger partial charge in [0.25, 0.3) is 5.03 Å². The maximum absolute atomic E-state index is 12.3. The second-order valence-corrected chi connectivity index (χ2v) is 5.82. The van der Waals surface area contributed by atoms with Crippen LogP contribution in [-0.4, -0.2) is 8.42 Å². The smallest absolute Gasteiger partial charge is 0.286 e. The summed E-state index contributed by atoms with van der Waals surface area (Å²) in [5.74, 6) is 0.335. The fourth-order valence-electron chi connectivity index (χ4n) is 1.50. The molecule has 0 fully saturated rings. The highest BCUT2D eigenvalue weighted by Gasteiger charge is 2.21. The number of nitrogens with zero attached hydrogens (tertiary/aromatic N) is 1. The molecule has 0 atom stereocenters. The summed E-state index contributed by atoms with van der Waals surface area (Å²) in [5.41, 5.74) is 0.957. The highest BCUT2D eigenvalue weighted by molar-refractivity contribution is 7.95. The zero-order valence-corrected chi connectivity index (χ0v) is 11.0. The molecule has 0 spiro atoms. The predicted molar refractivity (Wildman–Crippen MR) is 71.7 cm³/mol. The van der Waals surface area contributed by atoms with E-state index in [-0.39, 0.29) is 9.92 Å². The molecule has 0 N–H and O–H groups in total. The van der Waals surface area contributed by atoms with Crippen LogP contribution in [0.1, 0.15) is 11.3 Å². The van der Waals surface area contributed by atoms with E-state index >= 15 is 0 Å². The monoisotopic (exact) mass is 273 g/mol. The van der Waals surface area contributed by atoms with Crippen molar-refractivity contribution in [3.63, 3.8) is 0 Å². The van der Waals surface area contributed by atoms with Gasteiger partial charge < -0.3 is 4.42 Å². The van der Waals surface area contributed by atoms with Gasteiger partial charge in [-0.2, -0.15) is 0 Å². The highest BCUT2D eigenvalue weighted by atomic mass is 32.2. The number of furan rings is 1. The molecule has 0 bridgehead atoms. The molecule has 2 aromatic rings. The Morgan fingerprint density at radius 2 is 1.95 bits per heavy atom. The van der Waals surface area contributed by atoms with E-state index in [0.29, 0.717) is 5.76 Å². The van der Waals surface area contributed by atoms with Gasteiger partial charge in [0, 0.05) is 0 Å². The number of rotatable bonds is 3. The zero-order valence-electron chi connectivity index (χ0n) is 10.2. The summed E-state index contributed by atoms with van der Waals surface area (Å²) in [6, 6.07) is 9.60. The minimum atomic E-state index is -3.80. The van der Waals surface area contributed by atoms with Crippen LogP contribution in [0.25, 0.3) is 10.9 Å². The van der Waals surface area contributed by atoms with E-state index in [9.17, 15) is 8.42 Å². The van der Waals surface area contributed by atoms with E-state index in [4.69, 9.17) is 11.0 Å². The topological polar surface area (TPSA) is 51.6 Å². The van der Waals surface area contributed by atoms with Gasteiger partial charge in [-0.15, -0.1) is 0 Å². The average Bonchev–Trinajstić information content (AvgIpc) is 2.89. The van der Waals surface area contributed by atoms with E-state index in [0.717, 1.165) is 5.56 Å². The molecule has 0 aliphatic rings. The van der Waals surface area contributed by atoms with Crippen LogP contribution in [0, 0.1) is 13.5 Å². The summed E-state index contributed by atoms with van der Waals surface area (Å²) in [6.45, 7) is 8.91. The van der Waals surface area contributed by atoms with E-state index in [2.05, 4.69) is 4.85 Å². The standard InChI is InChI=1S/C14H11NO3S/c1-11-5-7-13(8-6-11)19(16,17)14(15-2)10-12-4-3-9-18-12/h3-10H,1H3. The van der Waals surface area contributed by atoms with Gasteiger partial charge in [-0.25, -0.2) is 13.3 Å². The third kappa shape index (κ3) is 2.75. The molecule has 0 unspecified atom stereocenters. The Bertz CT molecular complexity index is 733. The number of sulfone groups is 1. The predicted octanol–water partition coefficient (Wildman–Crippen LogP) is 3.28. The number of benzene rings is 1. The van der Waals surface area contributed by atoms with Crippen molar-refractivity contribution in [3.05, 3.63) is 70.4 Å². The van der Waals surface area contributed by atoms with Crippen molar-refractivity contribution in [1.82, 2.24) is 0 Å².